The highest BCUT2D eigenvalue weighted by Crippen LogP contribution is 2.37. The summed E-state index contributed by atoms with van der Waals surface area (Å²) in [7, 11) is 0. The summed E-state index contributed by atoms with van der Waals surface area (Å²) >= 11 is 0. The summed E-state index contributed by atoms with van der Waals surface area (Å²) in [6, 6.07) is 1.85. The van der Waals surface area contributed by atoms with Crippen molar-refractivity contribution in [1.29, 1.82) is 0 Å². The molecule has 134 valence electrons. The molecule has 1 N–H and O–H groups in total. The van der Waals surface area contributed by atoms with Crippen LogP contribution in [-0.2, 0) is 29.7 Å². The van der Waals surface area contributed by atoms with E-state index in [1.807, 2.05) is 18.5 Å². The van der Waals surface area contributed by atoms with E-state index in [2.05, 4.69) is 34.3 Å². The zero-order valence-corrected chi connectivity index (χ0v) is 15.0. The first-order valence-electron chi connectivity index (χ1n) is 9.15. The van der Waals surface area contributed by atoms with Crippen molar-refractivity contribution < 1.29 is 9.26 Å². The van der Waals surface area contributed by atoms with Crippen molar-refractivity contribution in [2.75, 3.05) is 13.2 Å². The molecule has 0 bridgehead atoms. The lowest BCUT2D eigenvalue weighted by atomic mass is 9.76. The lowest BCUT2D eigenvalue weighted by Crippen LogP contribution is -2.47. The third-order valence-electron chi connectivity index (χ3n) is 5.57. The van der Waals surface area contributed by atoms with E-state index < -0.39 is 0 Å². The number of fused-ring (bicyclic) bond motifs is 1. The molecule has 0 radical (unpaired) electrons. The Morgan fingerprint density at radius 2 is 1.88 bits per heavy atom. The zero-order valence-electron chi connectivity index (χ0n) is 15.0. The van der Waals surface area contributed by atoms with E-state index in [0.717, 1.165) is 62.6 Å². The fourth-order valence-electron chi connectivity index (χ4n) is 3.93. The van der Waals surface area contributed by atoms with Gasteiger partial charge in [0.25, 0.3) is 0 Å². The zero-order chi connectivity index (χ0) is 17.3. The number of hydrogen-bond acceptors (Lipinski definition) is 6. The molecule has 3 heterocycles. The minimum absolute atomic E-state index is 0.254. The van der Waals surface area contributed by atoms with Crippen molar-refractivity contribution in [2.24, 2.45) is 5.41 Å². The summed E-state index contributed by atoms with van der Waals surface area (Å²) in [6.45, 7) is 6.74. The van der Waals surface area contributed by atoms with Crippen LogP contribution >= 0.6 is 0 Å². The topological polar surface area (TPSA) is 73.1 Å². The first-order chi connectivity index (χ1) is 12.1. The van der Waals surface area contributed by atoms with Gasteiger partial charge in [0.1, 0.15) is 17.3 Å². The van der Waals surface area contributed by atoms with Crippen molar-refractivity contribution in [1.82, 2.24) is 20.4 Å². The fraction of sp³-hybridized carbons (Fsp3) is 0.632. The number of hydrogen-bond donors (Lipinski definition) is 1. The third kappa shape index (κ3) is 3.33. The van der Waals surface area contributed by atoms with Gasteiger partial charge in [-0.25, -0.2) is 9.97 Å². The predicted molar refractivity (Wildman–Crippen MR) is 92.9 cm³/mol. The van der Waals surface area contributed by atoms with Crippen molar-refractivity contribution in [3.05, 3.63) is 41.3 Å². The van der Waals surface area contributed by atoms with Crippen LogP contribution < -0.4 is 5.32 Å². The average molecular weight is 342 g/mol. The van der Waals surface area contributed by atoms with Crippen molar-refractivity contribution in [3.63, 3.8) is 0 Å². The monoisotopic (exact) mass is 342 g/mol. The maximum Gasteiger partial charge on any atom is 0.148 e. The standard InChI is InChI=1S/C19H26N4O2/c1-18(2)5-4-16-14(12-18)15(23-25-16)13-22-19(6-10-24-11-7-19)17-20-8-3-9-21-17/h3,8-9,22H,4-7,10-13H2,1-2H3. The molecule has 0 unspecified atom stereocenters. The molecule has 1 aliphatic heterocycles. The maximum absolute atomic E-state index is 5.61. The summed E-state index contributed by atoms with van der Waals surface area (Å²) in [6.07, 6.45) is 8.51. The van der Waals surface area contributed by atoms with E-state index >= 15 is 0 Å². The SMILES string of the molecule is CC1(C)CCc2onc(CNC3(c4ncccn4)CCOCC3)c2C1. The van der Waals surface area contributed by atoms with Crippen LogP contribution in [0.25, 0.3) is 0 Å². The van der Waals surface area contributed by atoms with Crippen LogP contribution in [0.1, 0.15) is 56.0 Å². The van der Waals surface area contributed by atoms with Crippen LogP contribution in [-0.4, -0.2) is 28.3 Å². The molecule has 0 spiro atoms. The van der Waals surface area contributed by atoms with Gasteiger partial charge in [0, 0.05) is 44.1 Å². The van der Waals surface area contributed by atoms with Crippen LogP contribution in [0, 0.1) is 5.41 Å². The lowest BCUT2D eigenvalue weighted by molar-refractivity contribution is 0.0318. The Balaban J connectivity index is 1.56. The van der Waals surface area contributed by atoms with Gasteiger partial charge in [-0.15, -0.1) is 0 Å². The molecule has 25 heavy (non-hydrogen) atoms. The van der Waals surface area contributed by atoms with E-state index in [1.54, 1.807) is 0 Å². The number of aromatic nitrogens is 3. The largest absolute Gasteiger partial charge is 0.381 e. The maximum atomic E-state index is 5.61. The van der Waals surface area contributed by atoms with E-state index in [9.17, 15) is 0 Å². The first-order valence-corrected chi connectivity index (χ1v) is 9.15. The van der Waals surface area contributed by atoms with Gasteiger partial charge < -0.3 is 9.26 Å². The molecule has 0 saturated carbocycles. The number of aryl methyl sites for hydroxylation is 1. The Labute approximate surface area is 148 Å². The molecule has 2 aromatic heterocycles. The molecule has 1 fully saturated rings. The van der Waals surface area contributed by atoms with E-state index in [-0.39, 0.29) is 5.54 Å². The highest BCUT2D eigenvalue weighted by Gasteiger charge is 2.38. The van der Waals surface area contributed by atoms with Gasteiger partial charge in [0.05, 0.1) is 5.54 Å². The molecule has 2 aliphatic rings. The minimum Gasteiger partial charge on any atom is -0.381 e. The van der Waals surface area contributed by atoms with Gasteiger partial charge in [-0.05, 0) is 37.2 Å². The van der Waals surface area contributed by atoms with Gasteiger partial charge in [-0.2, -0.15) is 0 Å². The first kappa shape index (κ1) is 16.7. The van der Waals surface area contributed by atoms with Crippen LogP contribution in [0.3, 0.4) is 0 Å². The summed E-state index contributed by atoms with van der Waals surface area (Å²) in [5.74, 6) is 1.91. The Morgan fingerprint density at radius 1 is 1.12 bits per heavy atom. The number of nitrogens with zero attached hydrogens (tertiary/aromatic N) is 3. The Hall–Kier alpha value is -1.79. The van der Waals surface area contributed by atoms with Crippen LogP contribution in [0.5, 0.6) is 0 Å². The second-order valence-electron chi connectivity index (χ2n) is 7.99. The molecular weight excluding hydrogens is 316 g/mol. The number of rotatable bonds is 4. The second kappa shape index (κ2) is 6.50. The van der Waals surface area contributed by atoms with Gasteiger partial charge in [0.2, 0.25) is 0 Å². The molecular formula is C19H26N4O2. The van der Waals surface area contributed by atoms with Crippen molar-refractivity contribution in [3.8, 4) is 0 Å². The number of ether oxygens (including phenoxy) is 1. The van der Waals surface area contributed by atoms with Crippen LogP contribution in [0.15, 0.2) is 23.0 Å². The normalized spacial score (nSPS) is 21.7. The second-order valence-corrected chi connectivity index (χ2v) is 7.99. The average Bonchev–Trinajstić information content (AvgIpc) is 3.02. The van der Waals surface area contributed by atoms with Gasteiger partial charge >= 0.3 is 0 Å². The van der Waals surface area contributed by atoms with E-state index in [0.29, 0.717) is 12.0 Å². The number of nitrogens with one attached hydrogen (secondary N) is 1. The van der Waals surface area contributed by atoms with E-state index in [4.69, 9.17) is 9.26 Å². The molecule has 4 rings (SSSR count). The minimum atomic E-state index is -0.254. The fourth-order valence-corrected chi connectivity index (χ4v) is 3.93. The molecule has 0 atom stereocenters. The molecule has 0 amide bonds. The van der Waals surface area contributed by atoms with Crippen LogP contribution in [0.4, 0.5) is 0 Å². The quantitative estimate of drug-likeness (QED) is 0.921. The lowest BCUT2D eigenvalue weighted by Gasteiger charge is -2.36. The van der Waals surface area contributed by atoms with Crippen LogP contribution in [0.2, 0.25) is 0 Å². The molecule has 6 heteroatoms. The van der Waals surface area contributed by atoms with Crippen molar-refractivity contribution >= 4 is 0 Å². The summed E-state index contributed by atoms with van der Waals surface area (Å²) < 4.78 is 11.2. The van der Waals surface area contributed by atoms with Crippen molar-refractivity contribution in [2.45, 2.75) is 58.0 Å². The van der Waals surface area contributed by atoms with Gasteiger partial charge in [0.15, 0.2) is 0 Å². The Kier molecular flexibility index (Phi) is 4.33. The van der Waals surface area contributed by atoms with E-state index in [1.165, 1.54) is 5.56 Å². The molecule has 1 aliphatic carbocycles. The smallest absolute Gasteiger partial charge is 0.148 e. The Morgan fingerprint density at radius 3 is 2.64 bits per heavy atom. The summed E-state index contributed by atoms with van der Waals surface area (Å²) in [4.78, 5) is 9.02. The third-order valence-corrected chi connectivity index (χ3v) is 5.57. The highest BCUT2D eigenvalue weighted by atomic mass is 16.5. The molecule has 6 nitrogen and oxygen atoms in total. The Bertz CT molecular complexity index is 720. The summed E-state index contributed by atoms with van der Waals surface area (Å²) in [5.41, 5.74) is 2.38. The summed E-state index contributed by atoms with van der Waals surface area (Å²) in [5, 5.41) is 8.07. The molecule has 1 saturated heterocycles. The highest BCUT2D eigenvalue weighted by molar-refractivity contribution is 5.27. The van der Waals surface area contributed by atoms with Gasteiger partial charge in [-0.1, -0.05) is 19.0 Å². The predicted octanol–water partition coefficient (Wildman–Crippen LogP) is 2.78. The molecule has 2 aromatic rings. The van der Waals surface area contributed by atoms with Gasteiger partial charge in [-0.3, -0.25) is 5.32 Å². The molecule has 0 aromatic carbocycles.